The van der Waals surface area contributed by atoms with E-state index in [2.05, 4.69) is 5.32 Å². The van der Waals surface area contributed by atoms with Crippen molar-refractivity contribution >= 4 is 22.0 Å². The fourth-order valence-corrected chi connectivity index (χ4v) is 2.95. The monoisotopic (exact) mass is 363 g/mol. The molecular formula is C17H17NO6S. The summed E-state index contributed by atoms with van der Waals surface area (Å²) in [6.07, 6.45) is -0.115. The molecule has 1 amide bonds. The standard InChI is InChI=1S/C17H17NO6S/c19-16(18-15(17(20)21)11-25(22,23)24)10-12-5-4-8-14(9-12)13-6-2-1-3-7-13/h1-9,15H,10-11H2,(H,18,19)(H,20,21)(H,22,23,24)/t15-/m0/s1. The van der Waals surface area contributed by atoms with E-state index in [0.717, 1.165) is 11.1 Å². The fourth-order valence-electron chi connectivity index (χ4n) is 2.31. The molecule has 0 fully saturated rings. The van der Waals surface area contributed by atoms with Crippen LogP contribution in [0.1, 0.15) is 5.56 Å². The molecule has 3 N–H and O–H groups in total. The highest BCUT2D eigenvalue weighted by atomic mass is 32.2. The highest BCUT2D eigenvalue weighted by Gasteiger charge is 2.25. The van der Waals surface area contributed by atoms with Gasteiger partial charge in [-0.3, -0.25) is 9.35 Å². The average molecular weight is 363 g/mol. The Balaban J connectivity index is 2.09. The molecule has 0 unspecified atom stereocenters. The van der Waals surface area contributed by atoms with Crippen LogP contribution in [-0.4, -0.2) is 41.7 Å². The Morgan fingerprint density at radius 3 is 2.24 bits per heavy atom. The lowest BCUT2D eigenvalue weighted by atomic mass is 10.0. The van der Waals surface area contributed by atoms with Crippen molar-refractivity contribution in [1.29, 1.82) is 0 Å². The van der Waals surface area contributed by atoms with Crippen molar-refractivity contribution in [3.05, 3.63) is 60.2 Å². The van der Waals surface area contributed by atoms with E-state index in [9.17, 15) is 18.0 Å². The molecule has 2 aromatic rings. The first kappa shape index (κ1) is 18.6. The number of rotatable bonds is 7. The highest BCUT2D eigenvalue weighted by Crippen LogP contribution is 2.20. The predicted molar refractivity (Wildman–Crippen MR) is 91.6 cm³/mol. The SMILES string of the molecule is O=C(Cc1cccc(-c2ccccc2)c1)N[C@@H](CS(=O)(=O)O)C(=O)O. The molecule has 0 radical (unpaired) electrons. The van der Waals surface area contributed by atoms with E-state index in [1.54, 1.807) is 18.2 Å². The third-order valence-corrected chi connectivity index (χ3v) is 4.16. The lowest BCUT2D eigenvalue weighted by Crippen LogP contribution is -2.45. The molecule has 1 atom stereocenters. The second-order valence-electron chi connectivity index (χ2n) is 5.45. The van der Waals surface area contributed by atoms with Gasteiger partial charge in [0.25, 0.3) is 10.1 Å². The van der Waals surface area contributed by atoms with Crippen LogP contribution in [0.2, 0.25) is 0 Å². The summed E-state index contributed by atoms with van der Waals surface area (Å²) in [7, 11) is -4.53. The Morgan fingerprint density at radius 2 is 1.64 bits per heavy atom. The van der Waals surface area contributed by atoms with E-state index in [0.29, 0.717) is 5.56 Å². The summed E-state index contributed by atoms with van der Waals surface area (Å²) in [4.78, 5) is 23.0. The van der Waals surface area contributed by atoms with Crippen molar-refractivity contribution in [2.24, 2.45) is 0 Å². The number of carboxylic acid groups (broad SMARTS) is 1. The summed E-state index contributed by atoms with van der Waals surface area (Å²) >= 11 is 0. The molecule has 0 aliphatic rings. The van der Waals surface area contributed by atoms with Crippen molar-refractivity contribution in [3.8, 4) is 11.1 Å². The summed E-state index contributed by atoms with van der Waals surface area (Å²) in [5, 5.41) is 11.1. The van der Waals surface area contributed by atoms with Crippen LogP contribution >= 0.6 is 0 Å². The van der Waals surface area contributed by atoms with Gasteiger partial charge in [0.2, 0.25) is 5.91 Å². The second-order valence-corrected chi connectivity index (χ2v) is 6.95. The largest absolute Gasteiger partial charge is 0.480 e. The number of nitrogens with one attached hydrogen (secondary N) is 1. The molecule has 0 heterocycles. The van der Waals surface area contributed by atoms with Crippen LogP contribution in [0.25, 0.3) is 11.1 Å². The van der Waals surface area contributed by atoms with Crippen molar-refractivity contribution in [2.75, 3.05) is 5.75 Å². The van der Waals surface area contributed by atoms with E-state index < -0.39 is 33.8 Å². The normalized spacial score (nSPS) is 12.4. The minimum atomic E-state index is -4.53. The van der Waals surface area contributed by atoms with E-state index in [1.807, 2.05) is 36.4 Å². The van der Waals surface area contributed by atoms with E-state index >= 15 is 0 Å². The minimum absolute atomic E-state index is 0.115. The van der Waals surface area contributed by atoms with Crippen molar-refractivity contribution < 1.29 is 27.7 Å². The topological polar surface area (TPSA) is 121 Å². The van der Waals surface area contributed by atoms with Crippen molar-refractivity contribution in [2.45, 2.75) is 12.5 Å². The third-order valence-electron chi connectivity index (χ3n) is 3.41. The van der Waals surface area contributed by atoms with Crippen LogP contribution in [0.15, 0.2) is 54.6 Å². The smallest absolute Gasteiger partial charge is 0.327 e. The molecule has 132 valence electrons. The summed E-state index contributed by atoms with van der Waals surface area (Å²) in [6.45, 7) is 0. The van der Waals surface area contributed by atoms with Gasteiger partial charge in [0.15, 0.2) is 0 Å². The van der Waals surface area contributed by atoms with Gasteiger partial charge in [-0.05, 0) is 16.7 Å². The van der Waals surface area contributed by atoms with Crippen LogP contribution in [-0.2, 0) is 26.1 Å². The number of carbonyl (C=O) groups excluding carboxylic acids is 1. The van der Waals surface area contributed by atoms with Crippen LogP contribution in [0.5, 0.6) is 0 Å². The zero-order chi connectivity index (χ0) is 18.4. The fraction of sp³-hybridized carbons (Fsp3) is 0.176. The van der Waals surface area contributed by atoms with Gasteiger partial charge < -0.3 is 10.4 Å². The number of carboxylic acids is 1. The Kier molecular flexibility index (Phi) is 5.89. The molecule has 0 saturated carbocycles. The van der Waals surface area contributed by atoms with Gasteiger partial charge in [-0.15, -0.1) is 0 Å². The molecule has 0 aliphatic carbocycles. The highest BCUT2D eigenvalue weighted by molar-refractivity contribution is 7.85. The number of hydrogen-bond acceptors (Lipinski definition) is 4. The van der Waals surface area contributed by atoms with Crippen molar-refractivity contribution in [3.63, 3.8) is 0 Å². The molecule has 0 spiro atoms. The van der Waals surface area contributed by atoms with Gasteiger partial charge in [0, 0.05) is 0 Å². The van der Waals surface area contributed by atoms with Gasteiger partial charge >= 0.3 is 5.97 Å². The number of hydrogen-bond donors (Lipinski definition) is 3. The zero-order valence-corrected chi connectivity index (χ0v) is 13.9. The number of amides is 1. The number of aliphatic carboxylic acids is 1. The predicted octanol–water partition coefficient (Wildman–Crippen LogP) is 1.35. The lowest BCUT2D eigenvalue weighted by Gasteiger charge is -2.13. The Labute approximate surface area is 145 Å². The molecular weight excluding hydrogens is 346 g/mol. The molecule has 0 saturated heterocycles. The van der Waals surface area contributed by atoms with E-state index in [1.165, 1.54) is 0 Å². The molecule has 2 rings (SSSR count). The van der Waals surface area contributed by atoms with Crippen LogP contribution in [0.4, 0.5) is 0 Å². The van der Waals surface area contributed by atoms with Gasteiger partial charge in [-0.25, -0.2) is 4.79 Å². The summed E-state index contributed by atoms with van der Waals surface area (Å²) < 4.78 is 30.4. The molecule has 2 aromatic carbocycles. The van der Waals surface area contributed by atoms with Crippen LogP contribution in [0, 0.1) is 0 Å². The number of carbonyl (C=O) groups is 2. The summed E-state index contributed by atoms with van der Waals surface area (Å²) in [5.74, 6) is -3.27. The maximum Gasteiger partial charge on any atom is 0.327 e. The van der Waals surface area contributed by atoms with Gasteiger partial charge in [0.1, 0.15) is 11.8 Å². The van der Waals surface area contributed by atoms with Crippen LogP contribution < -0.4 is 5.32 Å². The first-order chi connectivity index (χ1) is 11.7. The average Bonchev–Trinajstić information content (AvgIpc) is 2.54. The first-order valence-electron chi connectivity index (χ1n) is 7.36. The maximum absolute atomic E-state index is 12.0. The van der Waals surface area contributed by atoms with Gasteiger partial charge in [0.05, 0.1) is 6.42 Å². The Bertz CT molecular complexity index is 864. The lowest BCUT2D eigenvalue weighted by molar-refractivity contribution is -0.141. The third kappa shape index (κ3) is 6.02. The molecule has 7 nitrogen and oxygen atoms in total. The Hall–Kier alpha value is -2.71. The maximum atomic E-state index is 12.0. The quantitative estimate of drug-likeness (QED) is 0.639. The molecule has 0 aromatic heterocycles. The van der Waals surface area contributed by atoms with Gasteiger partial charge in [-0.2, -0.15) is 8.42 Å². The van der Waals surface area contributed by atoms with Crippen molar-refractivity contribution in [1.82, 2.24) is 5.32 Å². The van der Waals surface area contributed by atoms with E-state index in [4.69, 9.17) is 9.66 Å². The second kappa shape index (κ2) is 7.91. The molecule has 0 aliphatic heterocycles. The molecule has 25 heavy (non-hydrogen) atoms. The van der Waals surface area contributed by atoms with E-state index in [-0.39, 0.29) is 6.42 Å². The molecule has 0 bridgehead atoms. The summed E-state index contributed by atoms with van der Waals surface area (Å²) in [6, 6.07) is 15.0. The zero-order valence-electron chi connectivity index (χ0n) is 13.1. The number of benzene rings is 2. The minimum Gasteiger partial charge on any atom is -0.480 e. The Morgan fingerprint density at radius 1 is 1.00 bits per heavy atom. The van der Waals surface area contributed by atoms with Gasteiger partial charge in [-0.1, -0.05) is 54.6 Å². The first-order valence-corrected chi connectivity index (χ1v) is 8.97. The van der Waals surface area contributed by atoms with Crippen LogP contribution in [0.3, 0.4) is 0 Å². The summed E-state index contributed by atoms with van der Waals surface area (Å²) in [5.41, 5.74) is 2.52. The molecule has 8 heteroatoms.